The van der Waals surface area contributed by atoms with Gasteiger partial charge in [0.05, 0.1) is 6.04 Å². The van der Waals surface area contributed by atoms with Crippen LogP contribution in [0.25, 0.3) is 10.8 Å². The lowest BCUT2D eigenvalue weighted by Gasteiger charge is -2.26. The number of guanidine groups is 1. The first-order valence-electron chi connectivity index (χ1n) is 17.4. The average Bonchev–Trinajstić information content (AvgIpc) is 3.13. The summed E-state index contributed by atoms with van der Waals surface area (Å²) in [4.78, 5) is 80.8. The van der Waals surface area contributed by atoms with Gasteiger partial charge >= 0.3 is 5.97 Å². The number of carboxylic acids is 1. The Kier molecular flexibility index (Phi) is 16.7. The fourth-order valence-corrected chi connectivity index (χ4v) is 5.51. The monoisotopic (exact) mass is 747 g/mol. The van der Waals surface area contributed by atoms with Gasteiger partial charge in [0, 0.05) is 26.4 Å². The lowest BCUT2D eigenvalue weighted by molar-refractivity contribution is -0.138. The van der Waals surface area contributed by atoms with Gasteiger partial charge in [-0.05, 0) is 66.1 Å². The third-order valence-corrected chi connectivity index (χ3v) is 8.28. The van der Waals surface area contributed by atoms with Gasteiger partial charge in [-0.1, -0.05) is 54.6 Å². The molecule has 0 bridgehead atoms. The Morgan fingerprint density at radius 1 is 0.704 bits per heavy atom. The van der Waals surface area contributed by atoms with E-state index in [-0.39, 0.29) is 69.2 Å². The Morgan fingerprint density at radius 3 is 1.93 bits per heavy atom. The molecule has 0 aliphatic heterocycles. The number of carbonyl (C=O) groups is 6. The molecule has 0 unspecified atom stereocenters. The van der Waals surface area contributed by atoms with Gasteiger partial charge in [0.25, 0.3) is 0 Å². The van der Waals surface area contributed by atoms with Crippen molar-refractivity contribution in [2.45, 2.75) is 69.6 Å². The summed E-state index contributed by atoms with van der Waals surface area (Å²) in [6, 6.07) is 14.5. The third-order valence-electron chi connectivity index (χ3n) is 8.28. The molecule has 0 heterocycles. The van der Waals surface area contributed by atoms with Gasteiger partial charge in [-0.15, -0.1) is 0 Å². The SMILES string of the molecule is CC(=O)NCCC[C@H](NC(=O)[C@H](N)Cc1ccc(O)cc1)C(=O)N[C@@H](CCCN=C(N)N)C(=O)N[C@@H](Cc1ccc2ccccc2c1)C(=O)NCC(=O)O. The second kappa shape index (κ2) is 21.3. The fraction of sp³-hybridized carbons (Fsp3) is 0.378. The minimum absolute atomic E-state index is 0.00254. The van der Waals surface area contributed by atoms with Crippen LogP contribution in [0.2, 0.25) is 0 Å². The van der Waals surface area contributed by atoms with Crippen molar-refractivity contribution in [1.29, 1.82) is 0 Å². The molecule has 54 heavy (non-hydrogen) atoms. The Balaban J connectivity index is 1.84. The maximum Gasteiger partial charge on any atom is 0.322 e. The normalized spacial score (nSPS) is 13.0. The van der Waals surface area contributed by atoms with Crippen molar-refractivity contribution < 1.29 is 39.0 Å². The molecule has 0 spiro atoms. The number of carboxylic acid groups (broad SMARTS) is 1. The van der Waals surface area contributed by atoms with Gasteiger partial charge < -0.3 is 54.0 Å². The van der Waals surface area contributed by atoms with Crippen molar-refractivity contribution in [3.05, 3.63) is 77.9 Å². The summed E-state index contributed by atoms with van der Waals surface area (Å²) >= 11 is 0. The van der Waals surface area contributed by atoms with Gasteiger partial charge in [0.15, 0.2) is 5.96 Å². The predicted molar refractivity (Wildman–Crippen MR) is 202 cm³/mol. The standard InChI is InChI=1S/C37H49N9O8/c1-22(47)41-16-4-8-29(44-33(51)28(38)19-23-11-14-27(48)15-12-23)35(53)45-30(9-5-17-42-37(39)40)36(54)46-31(34(52)43-21-32(49)50)20-24-10-13-25-6-2-3-7-26(25)18-24/h2-3,6-7,10-15,18,28-31,48H,4-5,8-9,16-17,19-21,38H2,1H3,(H,41,47)(H,43,52)(H,44,51)(H,45,53)(H,46,54)(H,49,50)(H4,39,40,42)/t28-,29+,30+,31+/m1/s1. The van der Waals surface area contributed by atoms with Crippen LogP contribution in [0.15, 0.2) is 71.7 Å². The minimum atomic E-state index is -1.28. The van der Waals surface area contributed by atoms with Crippen molar-refractivity contribution in [2.75, 3.05) is 19.6 Å². The molecular weight excluding hydrogens is 698 g/mol. The summed E-state index contributed by atoms with van der Waals surface area (Å²) in [5.41, 5.74) is 18.4. The molecule has 290 valence electrons. The molecule has 4 atom stereocenters. The number of fused-ring (bicyclic) bond motifs is 1. The zero-order valence-corrected chi connectivity index (χ0v) is 30.0. The molecule has 0 aliphatic rings. The quantitative estimate of drug-likeness (QED) is 0.0369. The molecular formula is C37H49N9O8. The minimum Gasteiger partial charge on any atom is -0.508 e. The number of nitrogens with one attached hydrogen (secondary N) is 5. The lowest BCUT2D eigenvalue weighted by atomic mass is 10.0. The maximum absolute atomic E-state index is 13.9. The number of benzene rings is 3. The number of aliphatic imine (C=N–C) groups is 1. The lowest BCUT2D eigenvalue weighted by Crippen LogP contribution is -2.58. The van der Waals surface area contributed by atoms with E-state index in [1.807, 2.05) is 36.4 Å². The van der Waals surface area contributed by atoms with E-state index in [4.69, 9.17) is 17.2 Å². The van der Waals surface area contributed by atoms with Crippen LogP contribution in [0.5, 0.6) is 5.75 Å². The van der Waals surface area contributed by atoms with Gasteiger partial charge in [-0.3, -0.25) is 33.8 Å². The number of aliphatic carboxylic acids is 1. The van der Waals surface area contributed by atoms with Gasteiger partial charge in [-0.2, -0.15) is 0 Å². The van der Waals surface area contributed by atoms with Crippen LogP contribution in [0, 0.1) is 0 Å². The second-order valence-electron chi connectivity index (χ2n) is 12.7. The molecule has 0 saturated heterocycles. The smallest absolute Gasteiger partial charge is 0.322 e. The van der Waals surface area contributed by atoms with Crippen LogP contribution in [0.1, 0.15) is 43.7 Å². The van der Waals surface area contributed by atoms with Crippen LogP contribution in [0.4, 0.5) is 0 Å². The number of phenolic OH excluding ortho intramolecular Hbond substituents is 1. The molecule has 5 amide bonds. The highest BCUT2D eigenvalue weighted by molar-refractivity contribution is 5.95. The van der Waals surface area contributed by atoms with E-state index < -0.39 is 60.3 Å². The van der Waals surface area contributed by atoms with Crippen LogP contribution in [0.3, 0.4) is 0 Å². The molecule has 0 saturated carbocycles. The molecule has 17 heteroatoms. The molecule has 3 aromatic rings. The first-order chi connectivity index (χ1) is 25.7. The Bertz CT molecular complexity index is 1800. The molecule has 17 nitrogen and oxygen atoms in total. The van der Waals surface area contributed by atoms with Crippen LogP contribution in [-0.2, 0) is 41.6 Å². The number of aromatic hydroxyl groups is 1. The number of nitrogens with zero attached hydrogens (tertiary/aromatic N) is 1. The Hall–Kier alpha value is -6.23. The van der Waals surface area contributed by atoms with E-state index in [0.29, 0.717) is 11.1 Å². The van der Waals surface area contributed by atoms with Crippen molar-refractivity contribution in [3.8, 4) is 5.75 Å². The molecule has 13 N–H and O–H groups in total. The molecule has 3 rings (SSSR count). The topological polar surface area (TPSA) is 293 Å². The summed E-state index contributed by atoms with van der Waals surface area (Å²) < 4.78 is 0. The number of rotatable bonds is 21. The first kappa shape index (κ1) is 42.2. The summed E-state index contributed by atoms with van der Waals surface area (Å²) in [5, 5.41) is 33.5. The van der Waals surface area contributed by atoms with E-state index in [9.17, 15) is 39.0 Å². The van der Waals surface area contributed by atoms with E-state index in [1.165, 1.54) is 19.1 Å². The van der Waals surface area contributed by atoms with Crippen LogP contribution < -0.4 is 43.8 Å². The van der Waals surface area contributed by atoms with E-state index in [1.54, 1.807) is 18.2 Å². The number of phenols is 1. The summed E-state index contributed by atoms with van der Waals surface area (Å²) in [5.74, 6) is -4.57. The molecule has 0 aromatic heterocycles. The highest BCUT2D eigenvalue weighted by Crippen LogP contribution is 2.17. The molecule has 0 aliphatic carbocycles. The van der Waals surface area contributed by atoms with Crippen molar-refractivity contribution >= 4 is 52.2 Å². The fourth-order valence-electron chi connectivity index (χ4n) is 5.51. The highest BCUT2D eigenvalue weighted by Gasteiger charge is 2.30. The highest BCUT2D eigenvalue weighted by atomic mass is 16.4. The van der Waals surface area contributed by atoms with Crippen LogP contribution in [-0.4, -0.2) is 95.5 Å². The predicted octanol–water partition coefficient (Wildman–Crippen LogP) is -0.717. The van der Waals surface area contributed by atoms with Crippen LogP contribution >= 0.6 is 0 Å². The molecule has 0 radical (unpaired) electrons. The maximum atomic E-state index is 13.9. The third kappa shape index (κ3) is 14.8. The van der Waals surface area contributed by atoms with Crippen molar-refractivity contribution in [3.63, 3.8) is 0 Å². The number of amides is 5. The zero-order chi connectivity index (χ0) is 39.6. The van der Waals surface area contributed by atoms with Gasteiger partial charge in [-0.25, -0.2) is 0 Å². The average molecular weight is 748 g/mol. The Morgan fingerprint density at radius 2 is 1.30 bits per heavy atom. The van der Waals surface area contributed by atoms with Gasteiger partial charge in [0.2, 0.25) is 29.5 Å². The van der Waals surface area contributed by atoms with E-state index >= 15 is 0 Å². The van der Waals surface area contributed by atoms with E-state index in [2.05, 4.69) is 31.6 Å². The molecule has 0 fully saturated rings. The number of hydrogen-bond donors (Lipinski definition) is 10. The zero-order valence-electron chi connectivity index (χ0n) is 30.0. The first-order valence-corrected chi connectivity index (χ1v) is 17.4. The summed E-state index contributed by atoms with van der Waals surface area (Å²) in [6.07, 6.45) is 0.690. The summed E-state index contributed by atoms with van der Waals surface area (Å²) in [6.45, 7) is 0.981. The Labute approximate surface area is 312 Å². The molecule has 3 aromatic carbocycles. The second-order valence-corrected chi connectivity index (χ2v) is 12.7. The summed E-state index contributed by atoms with van der Waals surface area (Å²) in [7, 11) is 0. The number of hydrogen-bond acceptors (Lipinski definition) is 9. The number of nitrogens with two attached hydrogens (primary N) is 3. The van der Waals surface area contributed by atoms with Crippen molar-refractivity contribution in [2.24, 2.45) is 22.2 Å². The van der Waals surface area contributed by atoms with Crippen molar-refractivity contribution in [1.82, 2.24) is 26.6 Å². The largest absolute Gasteiger partial charge is 0.508 e. The van der Waals surface area contributed by atoms with Gasteiger partial charge in [0.1, 0.15) is 30.4 Å². The number of carbonyl (C=O) groups excluding carboxylic acids is 5. The van der Waals surface area contributed by atoms with E-state index in [0.717, 1.165) is 10.8 Å².